The zero-order valence-corrected chi connectivity index (χ0v) is 8.92. The highest BCUT2D eigenvalue weighted by Crippen LogP contribution is 2.32. The van der Waals surface area contributed by atoms with Crippen LogP contribution in [-0.4, -0.2) is 11.0 Å². The first-order valence-corrected chi connectivity index (χ1v) is 5.32. The van der Waals surface area contributed by atoms with Gasteiger partial charge in [-0.1, -0.05) is 0 Å². The van der Waals surface area contributed by atoms with E-state index in [1.165, 1.54) is 25.2 Å². The molecule has 0 aliphatic carbocycles. The Morgan fingerprint density at radius 1 is 1.46 bits per heavy atom. The molecule has 0 spiro atoms. The number of thioether (sulfide) groups is 1. The normalized spacial score (nSPS) is 9.69. The maximum absolute atomic E-state index is 10.8. The van der Waals surface area contributed by atoms with Crippen LogP contribution < -0.4 is 5.32 Å². The number of hydrogen-bond donors (Lipinski definition) is 1. The lowest BCUT2D eigenvalue weighted by Gasteiger charge is -2.00. The van der Waals surface area contributed by atoms with E-state index in [1.807, 2.05) is 11.4 Å². The number of nitrogens with one attached hydrogen (secondary N) is 1. The summed E-state index contributed by atoms with van der Waals surface area (Å²) < 4.78 is 0. The summed E-state index contributed by atoms with van der Waals surface area (Å²) in [6.45, 7) is 2.95. The zero-order valence-electron chi connectivity index (χ0n) is 7.29. The minimum atomic E-state index is -0.118. The molecule has 0 fully saturated rings. The van der Waals surface area contributed by atoms with Gasteiger partial charge in [-0.05, 0) is 23.2 Å². The molecule has 5 heteroatoms. The summed E-state index contributed by atoms with van der Waals surface area (Å²) in [5.41, 5.74) is 0. The number of hydrogen-bond acceptors (Lipinski definition) is 4. The van der Waals surface area contributed by atoms with Crippen LogP contribution in [0.1, 0.15) is 13.8 Å². The molecule has 1 heterocycles. The fourth-order valence-corrected chi connectivity index (χ4v) is 2.46. The summed E-state index contributed by atoms with van der Waals surface area (Å²) in [7, 11) is 0. The number of carbonyl (C=O) groups excluding carboxylic acids is 2. The van der Waals surface area contributed by atoms with Crippen molar-refractivity contribution in [2.24, 2.45) is 0 Å². The number of rotatable bonds is 2. The van der Waals surface area contributed by atoms with Gasteiger partial charge in [0.2, 0.25) is 5.91 Å². The topological polar surface area (TPSA) is 46.2 Å². The van der Waals surface area contributed by atoms with Gasteiger partial charge in [-0.15, -0.1) is 11.3 Å². The molecule has 0 aliphatic rings. The van der Waals surface area contributed by atoms with Crippen LogP contribution >= 0.6 is 23.1 Å². The molecule has 0 aromatic carbocycles. The van der Waals surface area contributed by atoms with Gasteiger partial charge in [0, 0.05) is 18.7 Å². The van der Waals surface area contributed by atoms with Crippen LogP contribution in [0.25, 0.3) is 0 Å². The van der Waals surface area contributed by atoms with E-state index in [-0.39, 0.29) is 11.0 Å². The Balaban J connectivity index is 2.76. The zero-order chi connectivity index (χ0) is 9.84. The molecule has 0 atom stereocenters. The predicted octanol–water partition coefficient (Wildman–Crippen LogP) is 2.35. The number of thiophene rings is 1. The Hall–Kier alpha value is -0.810. The van der Waals surface area contributed by atoms with Crippen LogP contribution in [0.4, 0.5) is 5.00 Å². The molecule has 70 valence electrons. The average molecular weight is 215 g/mol. The van der Waals surface area contributed by atoms with Crippen molar-refractivity contribution in [2.45, 2.75) is 18.7 Å². The van der Waals surface area contributed by atoms with Gasteiger partial charge in [0.05, 0.1) is 0 Å². The first kappa shape index (κ1) is 10.3. The van der Waals surface area contributed by atoms with E-state index in [1.54, 1.807) is 0 Å². The van der Waals surface area contributed by atoms with E-state index in [9.17, 15) is 9.59 Å². The first-order valence-electron chi connectivity index (χ1n) is 3.63. The molecule has 1 rings (SSSR count). The summed E-state index contributed by atoms with van der Waals surface area (Å²) in [6, 6.07) is 1.82. The molecule has 0 unspecified atom stereocenters. The summed E-state index contributed by atoms with van der Waals surface area (Å²) in [5, 5.41) is 5.27. The standard InChI is InChI=1S/C8H9NO2S2/c1-5(10)9-8-7(3-4-12-8)13-6(2)11/h3-4H,1-2H3,(H,9,10). The summed E-state index contributed by atoms with van der Waals surface area (Å²) >= 11 is 2.55. The van der Waals surface area contributed by atoms with Crippen LogP contribution in [-0.2, 0) is 9.59 Å². The fraction of sp³-hybridized carbons (Fsp3) is 0.250. The van der Waals surface area contributed by atoms with Crippen molar-refractivity contribution in [2.75, 3.05) is 5.32 Å². The largest absolute Gasteiger partial charge is 0.317 e. The van der Waals surface area contributed by atoms with Crippen LogP contribution in [0.2, 0.25) is 0 Å². The third kappa shape index (κ3) is 3.20. The Labute approximate surface area is 84.5 Å². The number of carbonyl (C=O) groups is 2. The van der Waals surface area contributed by atoms with Gasteiger partial charge in [-0.3, -0.25) is 9.59 Å². The SMILES string of the molecule is CC(=O)Nc1sccc1SC(C)=O. The molecule has 0 saturated heterocycles. The quantitative estimate of drug-likeness (QED) is 0.770. The minimum absolute atomic E-state index is 0.0185. The molecule has 0 aliphatic heterocycles. The average Bonchev–Trinajstić information content (AvgIpc) is 2.34. The second-order valence-corrected chi connectivity index (χ2v) is 4.52. The molecule has 1 N–H and O–H groups in total. The van der Waals surface area contributed by atoms with Crippen LogP contribution in [0.15, 0.2) is 16.3 Å². The van der Waals surface area contributed by atoms with Crippen molar-refractivity contribution in [1.82, 2.24) is 0 Å². The molecule has 1 aromatic rings. The van der Waals surface area contributed by atoms with E-state index in [0.29, 0.717) is 0 Å². The van der Waals surface area contributed by atoms with Gasteiger partial charge < -0.3 is 5.32 Å². The van der Waals surface area contributed by atoms with Crippen molar-refractivity contribution in [1.29, 1.82) is 0 Å². The Morgan fingerprint density at radius 2 is 2.15 bits per heavy atom. The van der Waals surface area contributed by atoms with Crippen molar-refractivity contribution >= 4 is 39.1 Å². The fourth-order valence-electron chi connectivity index (χ4n) is 0.784. The molecule has 0 saturated carbocycles. The molecular weight excluding hydrogens is 206 g/mol. The minimum Gasteiger partial charge on any atom is -0.317 e. The molecule has 0 bridgehead atoms. The smallest absolute Gasteiger partial charge is 0.221 e. The molecule has 0 radical (unpaired) electrons. The molecule has 13 heavy (non-hydrogen) atoms. The van der Waals surface area contributed by atoms with Crippen LogP contribution in [0.3, 0.4) is 0 Å². The van der Waals surface area contributed by atoms with Crippen LogP contribution in [0, 0.1) is 0 Å². The van der Waals surface area contributed by atoms with Gasteiger partial charge in [-0.2, -0.15) is 0 Å². The molecule has 1 amide bonds. The van der Waals surface area contributed by atoms with Gasteiger partial charge in [0.15, 0.2) is 5.12 Å². The Morgan fingerprint density at radius 3 is 2.69 bits per heavy atom. The highest BCUT2D eigenvalue weighted by atomic mass is 32.2. The van der Waals surface area contributed by atoms with E-state index >= 15 is 0 Å². The van der Waals surface area contributed by atoms with Crippen LogP contribution in [0.5, 0.6) is 0 Å². The van der Waals surface area contributed by atoms with E-state index in [4.69, 9.17) is 0 Å². The van der Waals surface area contributed by atoms with Crippen molar-refractivity contribution in [3.8, 4) is 0 Å². The highest BCUT2D eigenvalue weighted by molar-refractivity contribution is 8.13. The van der Waals surface area contributed by atoms with E-state index < -0.39 is 0 Å². The summed E-state index contributed by atoms with van der Waals surface area (Å²) in [6.07, 6.45) is 0. The molecule has 1 aromatic heterocycles. The second-order valence-electron chi connectivity index (χ2n) is 2.39. The van der Waals surface area contributed by atoms with Gasteiger partial charge >= 0.3 is 0 Å². The van der Waals surface area contributed by atoms with Crippen molar-refractivity contribution in [3.05, 3.63) is 11.4 Å². The second kappa shape index (κ2) is 4.43. The maximum atomic E-state index is 10.8. The monoisotopic (exact) mass is 215 g/mol. The molecular formula is C8H9NO2S2. The van der Waals surface area contributed by atoms with Gasteiger partial charge in [0.1, 0.15) is 5.00 Å². The number of amides is 1. The van der Waals surface area contributed by atoms with Crippen molar-refractivity contribution in [3.63, 3.8) is 0 Å². The number of anilines is 1. The van der Waals surface area contributed by atoms with Gasteiger partial charge in [-0.25, -0.2) is 0 Å². The predicted molar refractivity (Wildman–Crippen MR) is 55.2 cm³/mol. The third-order valence-corrected chi connectivity index (χ3v) is 2.98. The van der Waals surface area contributed by atoms with E-state index in [2.05, 4.69) is 5.32 Å². The maximum Gasteiger partial charge on any atom is 0.221 e. The highest BCUT2D eigenvalue weighted by Gasteiger charge is 2.07. The van der Waals surface area contributed by atoms with Gasteiger partial charge in [0.25, 0.3) is 0 Å². The summed E-state index contributed by atoms with van der Waals surface area (Å²) in [5.74, 6) is -0.118. The Bertz CT molecular complexity index is 302. The summed E-state index contributed by atoms with van der Waals surface area (Å²) in [4.78, 5) is 22.4. The molecule has 3 nitrogen and oxygen atoms in total. The third-order valence-electron chi connectivity index (χ3n) is 1.17. The van der Waals surface area contributed by atoms with Crippen molar-refractivity contribution < 1.29 is 9.59 Å². The lowest BCUT2D eigenvalue weighted by atomic mass is 10.6. The van der Waals surface area contributed by atoms with E-state index in [0.717, 1.165) is 21.7 Å². The lowest BCUT2D eigenvalue weighted by Crippen LogP contribution is -2.04. The Kier molecular flexibility index (Phi) is 3.50. The first-order chi connectivity index (χ1) is 6.09. The lowest BCUT2D eigenvalue weighted by molar-refractivity contribution is -0.114.